The number of H-pyrrole nitrogens is 2. The van der Waals surface area contributed by atoms with Gasteiger partial charge >= 0.3 is 0 Å². The third-order valence-corrected chi connectivity index (χ3v) is 5.89. The zero-order valence-electron chi connectivity index (χ0n) is 14.7. The van der Waals surface area contributed by atoms with Crippen molar-refractivity contribution in [3.8, 4) is 0 Å². The van der Waals surface area contributed by atoms with Crippen LogP contribution >= 0.6 is 31.9 Å². The molecule has 27 heavy (non-hydrogen) atoms. The maximum absolute atomic E-state index is 13.1. The van der Waals surface area contributed by atoms with Crippen LogP contribution in [-0.4, -0.2) is 9.97 Å². The van der Waals surface area contributed by atoms with Gasteiger partial charge in [-0.25, -0.2) is 0 Å². The number of hydrogen-bond donors (Lipinski definition) is 2. The van der Waals surface area contributed by atoms with Crippen molar-refractivity contribution in [2.45, 2.75) is 20.3 Å². The summed E-state index contributed by atoms with van der Waals surface area (Å²) < 4.78 is 1.69. The Hall–Kier alpha value is -2.18. The van der Waals surface area contributed by atoms with Crippen LogP contribution in [0.15, 0.2) is 54.9 Å². The Morgan fingerprint density at radius 1 is 0.741 bits per heavy atom. The Balaban J connectivity index is 1.95. The van der Waals surface area contributed by atoms with Gasteiger partial charge in [0.25, 0.3) is 0 Å². The molecule has 0 aliphatic carbocycles. The maximum atomic E-state index is 13.1. The summed E-state index contributed by atoms with van der Waals surface area (Å²) in [5.41, 5.74) is 4.28. The van der Waals surface area contributed by atoms with E-state index >= 15 is 0 Å². The van der Waals surface area contributed by atoms with Crippen LogP contribution in [0.5, 0.6) is 0 Å². The van der Waals surface area contributed by atoms with Gasteiger partial charge in [-0.1, -0.05) is 31.9 Å². The van der Waals surface area contributed by atoms with Gasteiger partial charge in [-0.15, -0.1) is 0 Å². The van der Waals surface area contributed by atoms with Gasteiger partial charge in [-0.3, -0.25) is 9.59 Å². The molecule has 0 atom stereocenters. The van der Waals surface area contributed by atoms with Crippen molar-refractivity contribution in [2.24, 2.45) is 0 Å². The number of pyridine rings is 2. The molecule has 136 valence electrons. The van der Waals surface area contributed by atoms with E-state index < -0.39 is 0 Å². The Morgan fingerprint density at radius 2 is 1.15 bits per heavy atom. The van der Waals surface area contributed by atoms with E-state index in [1.165, 1.54) is 0 Å². The van der Waals surface area contributed by atoms with Gasteiger partial charge in [-0.2, -0.15) is 0 Å². The molecule has 2 heterocycles. The molecule has 0 fully saturated rings. The van der Waals surface area contributed by atoms with Gasteiger partial charge < -0.3 is 9.97 Å². The van der Waals surface area contributed by atoms with E-state index in [1.54, 1.807) is 0 Å². The molecule has 2 aromatic carbocycles. The molecule has 0 unspecified atom stereocenters. The summed E-state index contributed by atoms with van der Waals surface area (Å²) in [4.78, 5) is 32.8. The predicted molar refractivity (Wildman–Crippen MR) is 117 cm³/mol. The van der Waals surface area contributed by atoms with Crippen molar-refractivity contribution in [3.63, 3.8) is 0 Å². The lowest BCUT2D eigenvalue weighted by molar-refractivity contribution is 1.04. The summed E-state index contributed by atoms with van der Waals surface area (Å²) in [6.45, 7) is 3.75. The molecule has 0 amide bonds. The summed E-state index contributed by atoms with van der Waals surface area (Å²) in [6, 6.07) is 11.2. The highest BCUT2D eigenvalue weighted by Crippen LogP contribution is 2.21. The molecule has 6 heteroatoms. The maximum Gasteiger partial charge on any atom is 0.193 e. The highest BCUT2D eigenvalue weighted by Gasteiger charge is 2.16. The average Bonchev–Trinajstić information content (AvgIpc) is 2.62. The fraction of sp³-hybridized carbons (Fsp3) is 0.143. The van der Waals surface area contributed by atoms with Crippen molar-refractivity contribution in [3.05, 3.63) is 88.3 Å². The molecule has 0 aliphatic rings. The van der Waals surface area contributed by atoms with Crippen LogP contribution in [0.25, 0.3) is 21.8 Å². The SMILES string of the molecule is Cc1[nH]c2ccc(Br)cc2c(=O)c1Cc1c(C)[nH]c2ccc(Br)cc2c1=O. The molecule has 2 aromatic heterocycles. The number of nitrogens with one attached hydrogen (secondary N) is 2. The van der Waals surface area contributed by atoms with E-state index in [1.807, 2.05) is 50.2 Å². The second-order valence-electron chi connectivity index (χ2n) is 6.67. The highest BCUT2D eigenvalue weighted by atomic mass is 79.9. The van der Waals surface area contributed by atoms with Crippen LogP contribution in [0, 0.1) is 13.8 Å². The zero-order valence-corrected chi connectivity index (χ0v) is 17.9. The van der Waals surface area contributed by atoms with Crippen molar-refractivity contribution < 1.29 is 0 Å². The van der Waals surface area contributed by atoms with Crippen molar-refractivity contribution in [1.29, 1.82) is 0 Å². The highest BCUT2D eigenvalue weighted by molar-refractivity contribution is 9.10. The molecule has 4 aromatic rings. The van der Waals surface area contributed by atoms with Crippen LogP contribution in [-0.2, 0) is 6.42 Å². The molecule has 0 bridgehead atoms. The van der Waals surface area contributed by atoms with Gasteiger partial charge in [0.15, 0.2) is 10.9 Å². The van der Waals surface area contributed by atoms with Gasteiger partial charge in [0.05, 0.1) is 0 Å². The van der Waals surface area contributed by atoms with E-state index in [4.69, 9.17) is 0 Å². The minimum atomic E-state index is -0.0457. The van der Waals surface area contributed by atoms with E-state index in [-0.39, 0.29) is 17.3 Å². The van der Waals surface area contributed by atoms with Crippen molar-refractivity contribution in [1.82, 2.24) is 9.97 Å². The molecule has 2 N–H and O–H groups in total. The second-order valence-corrected chi connectivity index (χ2v) is 8.50. The summed E-state index contributed by atoms with van der Waals surface area (Å²) in [6.07, 6.45) is 0.285. The number of rotatable bonds is 2. The first-order valence-electron chi connectivity index (χ1n) is 8.47. The van der Waals surface area contributed by atoms with E-state index in [9.17, 15) is 9.59 Å². The van der Waals surface area contributed by atoms with Crippen molar-refractivity contribution >= 4 is 53.7 Å². The largest absolute Gasteiger partial charge is 0.358 e. The molecule has 4 nitrogen and oxygen atoms in total. The standard InChI is InChI=1S/C21H16Br2N2O2/c1-10-14(20(26)16-7-12(22)3-5-18(16)24-10)9-15-11(2)25-19-6-4-13(23)8-17(19)21(15)27/h3-8H,9H2,1-2H3,(H,24,26)(H,25,27). The zero-order chi connectivity index (χ0) is 19.3. The molecule has 0 radical (unpaired) electrons. The third kappa shape index (κ3) is 3.17. The summed E-state index contributed by atoms with van der Waals surface area (Å²) in [5, 5.41) is 1.23. The minimum Gasteiger partial charge on any atom is -0.358 e. The number of aromatic amines is 2. The van der Waals surface area contributed by atoms with Crippen LogP contribution in [0.2, 0.25) is 0 Å². The smallest absolute Gasteiger partial charge is 0.193 e. The number of fused-ring (bicyclic) bond motifs is 2. The first kappa shape index (κ1) is 18.2. The topological polar surface area (TPSA) is 65.7 Å². The first-order chi connectivity index (χ1) is 12.8. The third-order valence-electron chi connectivity index (χ3n) is 4.90. The van der Waals surface area contributed by atoms with Gasteiger partial charge in [-0.05, 0) is 50.2 Å². The normalized spacial score (nSPS) is 11.4. The summed E-state index contributed by atoms with van der Waals surface area (Å²) >= 11 is 6.84. The van der Waals surface area contributed by atoms with Gasteiger partial charge in [0.2, 0.25) is 0 Å². The minimum absolute atomic E-state index is 0.0457. The van der Waals surface area contributed by atoms with Crippen molar-refractivity contribution in [2.75, 3.05) is 0 Å². The molecule has 0 spiro atoms. The molecule has 0 aliphatic heterocycles. The quantitative estimate of drug-likeness (QED) is 0.413. The van der Waals surface area contributed by atoms with Crippen LogP contribution in [0.4, 0.5) is 0 Å². The number of halogens is 2. The lowest BCUT2D eigenvalue weighted by Gasteiger charge is -2.11. The molecule has 0 saturated carbocycles. The van der Waals surface area contributed by atoms with E-state index in [2.05, 4.69) is 41.8 Å². The Kier molecular flexibility index (Phi) is 4.56. The summed E-state index contributed by atoms with van der Waals surface area (Å²) in [5.74, 6) is 0. The van der Waals surface area contributed by atoms with Crippen LogP contribution in [0.1, 0.15) is 22.5 Å². The summed E-state index contributed by atoms with van der Waals surface area (Å²) in [7, 11) is 0. The fourth-order valence-electron chi connectivity index (χ4n) is 3.45. The van der Waals surface area contributed by atoms with E-state index in [0.29, 0.717) is 21.9 Å². The Morgan fingerprint density at radius 3 is 1.56 bits per heavy atom. The van der Waals surface area contributed by atoms with Gasteiger partial charge in [0.1, 0.15) is 0 Å². The van der Waals surface area contributed by atoms with Crippen LogP contribution in [0.3, 0.4) is 0 Å². The number of aromatic nitrogens is 2. The first-order valence-corrected chi connectivity index (χ1v) is 10.1. The lowest BCUT2D eigenvalue weighted by atomic mass is 9.98. The van der Waals surface area contributed by atoms with E-state index in [0.717, 1.165) is 31.4 Å². The molecular formula is C21H16Br2N2O2. The molecular weight excluding hydrogens is 472 g/mol. The lowest BCUT2D eigenvalue weighted by Crippen LogP contribution is -2.19. The Labute approximate surface area is 171 Å². The molecule has 0 saturated heterocycles. The monoisotopic (exact) mass is 486 g/mol. The fourth-order valence-corrected chi connectivity index (χ4v) is 4.17. The average molecular weight is 488 g/mol. The molecule has 4 rings (SSSR count). The predicted octanol–water partition coefficient (Wildman–Crippen LogP) is 5.10. The van der Waals surface area contributed by atoms with Gasteiger partial charge in [0, 0.05) is 59.7 Å². The number of hydrogen-bond acceptors (Lipinski definition) is 2. The van der Waals surface area contributed by atoms with Crippen LogP contribution < -0.4 is 10.9 Å². The number of benzene rings is 2. The number of aryl methyl sites for hydroxylation is 2. The Bertz CT molecular complexity index is 1230. The second kappa shape index (κ2) is 6.77.